The van der Waals surface area contributed by atoms with E-state index >= 15 is 0 Å². The Morgan fingerprint density at radius 3 is 2.58 bits per heavy atom. The lowest BCUT2D eigenvalue weighted by atomic mass is 9.97. The van der Waals surface area contributed by atoms with E-state index in [1.807, 2.05) is 6.07 Å². The van der Waals surface area contributed by atoms with Gasteiger partial charge in [-0.1, -0.05) is 44.2 Å². The van der Waals surface area contributed by atoms with Crippen LogP contribution in [0.3, 0.4) is 0 Å². The molecule has 5 heteroatoms. The summed E-state index contributed by atoms with van der Waals surface area (Å²) in [6, 6.07) is 15.0. The molecule has 4 rings (SSSR count). The van der Waals surface area contributed by atoms with Crippen molar-refractivity contribution in [1.82, 2.24) is 15.0 Å². The van der Waals surface area contributed by atoms with Crippen LogP contribution in [-0.2, 0) is 6.42 Å². The fourth-order valence-electron chi connectivity index (χ4n) is 3.05. The van der Waals surface area contributed by atoms with E-state index in [-0.39, 0.29) is 0 Å². The molecular weight excluding hydrogens is 340 g/mol. The van der Waals surface area contributed by atoms with Gasteiger partial charge in [-0.2, -0.15) is 0 Å². The van der Waals surface area contributed by atoms with Crippen molar-refractivity contribution < 1.29 is 0 Å². The number of anilines is 1. The lowest BCUT2D eigenvalue weighted by molar-refractivity contribution is 0.865. The van der Waals surface area contributed by atoms with Gasteiger partial charge in [0.2, 0.25) is 0 Å². The molecule has 3 aromatic heterocycles. The van der Waals surface area contributed by atoms with Gasteiger partial charge in [-0.25, -0.2) is 15.0 Å². The average molecular weight is 360 g/mol. The van der Waals surface area contributed by atoms with Crippen LogP contribution in [0.5, 0.6) is 0 Å². The van der Waals surface area contributed by atoms with Gasteiger partial charge in [0.25, 0.3) is 0 Å². The molecule has 0 aliphatic heterocycles. The summed E-state index contributed by atoms with van der Waals surface area (Å²) < 4.78 is 0. The van der Waals surface area contributed by atoms with Gasteiger partial charge in [-0.3, -0.25) is 0 Å². The smallest absolute Gasteiger partial charge is 0.165 e. The minimum atomic E-state index is 0.469. The SMILES string of the molecule is CC(C)c1ccc(Cc2cc3c(N)ncnc3nc2-c2cccs2)cc1. The van der Waals surface area contributed by atoms with E-state index < -0.39 is 0 Å². The number of aromatic nitrogens is 3. The number of thiophene rings is 1. The second kappa shape index (κ2) is 6.84. The van der Waals surface area contributed by atoms with E-state index in [1.54, 1.807) is 11.3 Å². The van der Waals surface area contributed by atoms with Crippen molar-refractivity contribution in [3.63, 3.8) is 0 Å². The lowest BCUT2D eigenvalue weighted by Crippen LogP contribution is -2.00. The second-order valence-corrected chi connectivity index (χ2v) is 7.62. The van der Waals surface area contributed by atoms with Crippen LogP contribution in [-0.4, -0.2) is 15.0 Å². The molecule has 4 nitrogen and oxygen atoms in total. The topological polar surface area (TPSA) is 64.7 Å². The van der Waals surface area contributed by atoms with Crippen LogP contribution < -0.4 is 5.73 Å². The fourth-order valence-corrected chi connectivity index (χ4v) is 3.80. The number of benzene rings is 1. The molecule has 0 saturated heterocycles. The molecule has 1 aromatic carbocycles. The normalized spacial score (nSPS) is 11.3. The first-order valence-electron chi connectivity index (χ1n) is 8.64. The maximum absolute atomic E-state index is 6.05. The second-order valence-electron chi connectivity index (χ2n) is 6.68. The van der Waals surface area contributed by atoms with Crippen molar-refractivity contribution in [3.8, 4) is 10.6 Å². The standard InChI is InChI=1S/C21H20N4S/c1-13(2)15-7-5-14(6-8-15)10-16-11-17-20(22)23-12-24-21(17)25-19(16)18-4-3-9-26-18/h3-9,11-13H,10H2,1-2H3,(H2,22,23,24,25). The Hall–Kier alpha value is -2.79. The van der Waals surface area contributed by atoms with Gasteiger partial charge >= 0.3 is 0 Å². The number of hydrogen-bond acceptors (Lipinski definition) is 5. The van der Waals surface area contributed by atoms with Crippen LogP contribution in [0.2, 0.25) is 0 Å². The molecule has 0 amide bonds. The molecule has 2 N–H and O–H groups in total. The minimum Gasteiger partial charge on any atom is -0.383 e. The Balaban J connectivity index is 1.81. The van der Waals surface area contributed by atoms with Gasteiger partial charge in [-0.15, -0.1) is 11.3 Å². The zero-order valence-corrected chi connectivity index (χ0v) is 15.6. The zero-order valence-electron chi connectivity index (χ0n) is 14.8. The Kier molecular flexibility index (Phi) is 4.39. The van der Waals surface area contributed by atoms with Crippen LogP contribution in [0.1, 0.15) is 36.5 Å². The molecule has 0 radical (unpaired) electrons. The third kappa shape index (κ3) is 3.18. The number of rotatable bonds is 4. The summed E-state index contributed by atoms with van der Waals surface area (Å²) in [5.41, 5.74) is 11.4. The molecule has 0 unspecified atom stereocenters. The average Bonchev–Trinajstić information content (AvgIpc) is 3.17. The predicted octanol–water partition coefficient (Wildman–Crippen LogP) is 5.05. The Bertz CT molecular complexity index is 1040. The maximum atomic E-state index is 6.05. The zero-order chi connectivity index (χ0) is 18.1. The van der Waals surface area contributed by atoms with Crippen molar-refractivity contribution in [1.29, 1.82) is 0 Å². The molecule has 0 aliphatic carbocycles. The van der Waals surface area contributed by atoms with Crippen LogP contribution in [0.15, 0.2) is 54.2 Å². The third-order valence-electron chi connectivity index (χ3n) is 4.53. The number of nitrogen functional groups attached to an aromatic ring is 1. The summed E-state index contributed by atoms with van der Waals surface area (Å²) >= 11 is 1.68. The molecule has 4 aromatic rings. The Morgan fingerprint density at radius 1 is 1.08 bits per heavy atom. The molecule has 0 spiro atoms. The monoisotopic (exact) mass is 360 g/mol. The van der Waals surface area contributed by atoms with Crippen molar-refractivity contribution in [2.24, 2.45) is 0 Å². The van der Waals surface area contributed by atoms with Crippen LogP contribution in [0.4, 0.5) is 5.82 Å². The van der Waals surface area contributed by atoms with Gasteiger partial charge in [0.05, 0.1) is 16.0 Å². The highest BCUT2D eigenvalue weighted by molar-refractivity contribution is 7.13. The Morgan fingerprint density at radius 2 is 1.88 bits per heavy atom. The molecular formula is C21H20N4S. The van der Waals surface area contributed by atoms with Crippen molar-refractivity contribution in [3.05, 3.63) is 70.9 Å². The lowest BCUT2D eigenvalue weighted by Gasteiger charge is -2.11. The third-order valence-corrected chi connectivity index (χ3v) is 5.41. The largest absolute Gasteiger partial charge is 0.383 e. The number of nitrogens with zero attached hydrogens (tertiary/aromatic N) is 3. The van der Waals surface area contributed by atoms with E-state index in [4.69, 9.17) is 10.7 Å². The van der Waals surface area contributed by atoms with Crippen LogP contribution >= 0.6 is 11.3 Å². The summed E-state index contributed by atoms with van der Waals surface area (Å²) in [6.07, 6.45) is 2.26. The van der Waals surface area contributed by atoms with Crippen molar-refractivity contribution >= 4 is 28.2 Å². The first-order valence-corrected chi connectivity index (χ1v) is 9.52. The molecule has 0 saturated carbocycles. The van der Waals surface area contributed by atoms with Gasteiger partial charge in [0.15, 0.2) is 5.65 Å². The highest BCUT2D eigenvalue weighted by Crippen LogP contribution is 2.31. The molecule has 26 heavy (non-hydrogen) atoms. The van der Waals surface area contributed by atoms with Crippen molar-refractivity contribution in [2.45, 2.75) is 26.2 Å². The number of nitrogens with two attached hydrogens (primary N) is 1. The highest BCUT2D eigenvalue weighted by Gasteiger charge is 2.13. The van der Waals surface area contributed by atoms with Gasteiger partial charge in [0.1, 0.15) is 12.1 Å². The number of fused-ring (bicyclic) bond motifs is 1. The molecule has 0 fully saturated rings. The highest BCUT2D eigenvalue weighted by atomic mass is 32.1. The molecule has 0 aliphatic rings. The van der Waals surface area contributed by atoms with E-state index in [0.29, 0.717) is 17.4 Å². The van der Waals surface area contributed by atoms with E-state index in [9.17, 15) is 0 Å². The van der Waals surface area contributed by atoms with E-state index in [1.165, 1.54) is 17.5 Å². The van der Waals surface area contributed by atoms with Gasteiger partial charge in [0, 0.05) is 0 Å². The number of pyridine rings is 1. The van der Waals surface area contributed by atoms with Crippen LogP contribution in [0, 0.1) is 0 Å². The quantitative estimate of drug-likeness (QED) is 0.553. The summed E-state index contributed by atoms with van der Waals surface area (Å²) in [4.78, 5) is 14.3. The van der Waals surface area contributed by atoms with Gasteiger partial charge in [-0.05, 0) is 46.5 Å². The van der Waals surface area contributed by atoms with E-state index in [0.717, 1.165) is 27.9 Å². The molecule has 3 heterocycles. The summed E-state index contributed by atoms with van der Waals surface area (Å²) in [6.45, 7) is 4.42. The number of hydrogen-bond donors (Lipinski definition) is 1. The van der Waals surface area contributed by atoms with Crippen molar-refractivity contribution in [2.75, 3.05) is 5.73 Å². The van der Waals surface area contributed by atoms with Crippen LogP contribution in [0.25, 0.3) is 21.6 Å². The summed E-state index contributed by atoms with van der Waals surface area (Å²) in [5, 5.41) is 2.87. The first kappa shape index (κ1) is 16.7. The predicted molar refractivity (Wildman–Crippen MR) is 108 cm³/mol. The molecule has 0 atom stereocenters. The Labute approximate surface area is 156 Å². The van der Waals surface area contributed by atoms with E-state index in [2.05, 4.69) is 65.6 Å². The fraction of sp³-hybridized carbons (Fsp3) is 0.190. The summed E-state index contributed by atoms with van der Waals surface area (Å²) in [5.74, 6) is 1.00. The first-order chi connectivity index (χ1) is 12.6. The maximum Gasteiger partial charge on any atom is 0.165 e. The van der Waals surface area contributed by atoms with Gasteiger partial charge < -0.3 is 5.73 Å². The minimum absolute atomic E-state index is 0.469. The molecule has 130 valence electrons. The summed E-state index contributed by atoms with van der Waals surface area (Å²) in [7, 11) is 0. The molecule has 0 bridgehead atoms.